The zero-order valence-electron chi connectivity index (χ0n) is 39.1. The fourth-order valence-corrected chi connectivity index (χ4v) is 12.3. The number of hydrogen-bond acceptors (Lipinski definition) is 9. The highest BCUT2D eigenvalue weighted by Crippen LogP contribution is 2.49. The summed E-state index contributed by atoms with van der Waals surface area (Å²) >= 11 is 0. The van der Waals surface area contributed by atoms with E-state index in [0.29, 0.717) is 17.4 Å². The number of nitrogens with zero attached hydrogens (tertiary/aromatic N) is 5. The van der Waals surface area contributed by atoms with Crippen LogP contribution in [0.3, 0.4) is 0 Å². The second kappa shape index (κ2) is 19.1. The van der Waals surface area contributed by atoms with Crippen LogP contribution in [-0.2, 0) is 30.5 Å². The van der Waals surface area contributed by atoms with Crippen molar-refractivity contribution in [3.8, 4) is 33.6 Å². The number of carbonyl (C=O) groups is 3. The molecule has 4 heterocycles. The van der Waals surface area contributed by atoms with Gasteiger partial charge in [-0.05, 0) is 113 Å². The van der Waals surface area contributed by atoms with Crippen LogP contribution in [0.5, 0.6) is 0 Å². The van der Waals surface area contributed by atoms with Crippen molar-refractivity contribution in [3.05, 3.63) is 143 Å². The van der Waals surface area contributed by atoms with Crippen LogP contribution < -0.4 is 5.32 Å². The molecule has 0 unspecified atom stereocenters. The molecule has 2 aliphatic heterocycles. The van der Waals surface area contributed by atoms with E-state index in [9.17, 15) is 14.4 Å². The van der Waals surface area contributed by atoms with E-state index in [1.165, 1.54) is 49.3 Å². The van der Waals surface area contributed by atoms with E-state index in [1.807, 2.05) is 78.0 Å². The van der Waals surface area contributed by atoms with Gasteiger partial charge in [-0.15, -0.1) is 0 Å². The molecule has 6 aromatic rings. The maximum absolute atomic E-state index is 14.7. The average Bonchev–Trinajstić information content (AvgIpc) is 4.25. The third-order valence-corrected chi connectivity index (χ3v) is 15.5. The molecule has 8 atom stereocenters. The molecule has 2 saturated heterocycles. The van der Waals surface area contributed by atoms with Gasteiger partial charge in [-0.3, -0.25) is 9.59 Å². The number of likely N-dealkylation sites (tertiary alicyclic amines) is 2. The van der Waals surface area contributed by atoms with Gasteiger partial charge in [0, 0.05) is 12.1 Å². The molecule has 0 spiro atoms. The van der Waals surface area contributed by atoms with Crippen LogP contribution in [0.1, 0.15) is 122 Å². The summed E-state index contributed by atoms with van der Waals surface area (Å²) in [5.41, 5.74) is 10.3. The number of amides is 3. The Morgan fingerprint density at radius 1 is 0.681 bits per heavy atom. The maximum atomic E-state index is 14.7. The predicted molar refractivity (Wildman–Crippen MR) is 260 cm³/mol. The van der Waals surface area contributed by atoms with Crippen LogP contribution in [0, 0.1) is 11.8 Å². The first-order chi connectivity index (χ1) is 33.9. The second-order valence-corrected chi connectivity index (χ2v) is 19.3. The number of alkyl carbamates (subject to hydrolysis) is 1. The van der Waals surface area contributed by atoms with Gasteiger partial charge in [0.15, 0.2) is 6.04 Å². The van der Waals surface area contributed by atoms with Crippen LogP contribution >= 0.6 is 0 Å². The van der Waals surface area contributed by atoms with Gasteiger partial charge in [-0.2, -0.15) is 4.89 Å². The zero-order chi connectivity index (χ0) is 47.0. The zero-order valence-corrected chi connectivity index (χ0v) is 39.1. The highest BCUT2D eigenvalue weighted by molar-refractivity contribution is 5.88. The highest BCUT2D eigenvalue weighted by Gasteiger charge is 2.49. The number of imidazole rings is 2. The predicted octanol–water partition coefficient (Wildman–Crippen LogP) is 10.1. The Kier molecular flexibility index (Phi) is 12.3. The molecule has 4 fully saturated rings. The molecule has 0 radical (unpaired) electrons. The van der Waals surface area contributed by atoms with E-state index < -0.39 is 18.2 Å². The van der Waals surface area contributed by atoms with Gasteiger partial charge >= 0.3 is 6.09 Å². The largest absolute Gasteiger partial charge is 0.453 e. The number of aromatic amines is 2. The lowest BCUT2D eigenvalue weighted by Gasteiger charge is -2.36. The molecule has 3 aliphatic carbocycles. The van der Waals surface area contributed by atoms with E-state index in [4.69, 9.17) is 24.5 Å². The first-order valence-corrected chi connectivity index (χ1v) is 24.5. The number of hydrogen-bond donors (Lipinski definition) is 3. The smallest absolute Gasteiger partial charge is 0.407 e. The van der Waals surface area contributed by atoms with E-state index in [0.717, 1.165) is 104 Å². The highest BCUT2D eigenvalue weighted by atomic mass is 17.2. The number of nitrogens with one attached hydrogen (secondary N) is 3. The van der Waals surface area contributed by atoms with Crippen molar-refractivity contribution >= 4 is 24.3 Å². The lowest BCUT2D eigenvalue weighted by molar-refractivity contribution is -0.188. The summed E-state index contributed by atoms with van der Waals surface area (Å²) in [6.07, 6.45) is 15.3. The fraction of sp³-hybridized carbons (Fsp3) is 0.382. The SMILES string of the molecule is COOC=N[C@@H](C(=O)N1[C@H](c2ncc(-c3ccc4c(c3)Cc3cc(-c5cnc([C@@H]6C[C@@H]7CCCC[C@@H]7N6C(=O)[C@H](NC(=O)OC)c6ccccc6)[nH]5)ccc3-4)[nH]2)C[C@@H]2CCCC[C@@H]21)c1ccccc1. The Morgan fingerprint density at radius 2 is 1.20 bits per heavy atom. The van der Waals surface area contributed by atoms with Crippen LogP contribution in [0.2, 0.25) is 0 Å². The van der Waals surface area contributed by atoms with Crippen molar-refractivity contribution in [3.63, 3.8) is 0 Å². The van der Waals surface area contributed by atoms with E-state index in [1.54, 1.807) is 0 Å². The lowest BCUT2D eigenvalue weighted by atomic mass is 9.84. The minimum absolute atomic E-state index is 0.0640. The average molecular weight is 927 g/mol. The molecule has 3 N–H and O–H groups in total. The number of fused-ring (bicyclic) bond motifs is 5. The summed E-state index contributed by atoms with van der Waals surface area (Å²) in [5.74, 6) is 2.10. The van der Waals surface area contributed by atoms with Crippen molar-refractivity contribution < 1.29 is 28.9 Å². The minimum atomic E-state index is -0.885. The quantitative estimate of drug-likeness (QED) is 0.0471. The van der Waals surface area contributed by atoms with Gasteiger partial charge in [0.05, 0.1) is 50.1 Å². The van der Waals surface area contributed by atoms with Crippen molar-refractivity contribution in [2.24, 2.45) is 16.8 Å². The van der Waals surface area contributed by atoms with E-state index >= 15 is 0 Å². The molecule has 2 saturated carbocycles. The molecule has 354 valence electrons. The van der Waals surface area contributed by atoms with E-state index in [2.05, 4.69) is 61.6 Å². The molecular formula is C55H58N8O6. The first-order valence-electron chi connectivity index (χ1n) is 24.5. The molecule has 2 aromatic heterocycles. The second-order valence-electron chi connectivity index (χ2n) is 19.3. The number of methoxy groups -OCH3 is 1. The third kappa shape index (κ3) is 8.49. The summed E-state index contributed by atoms with van der Waals surface area (Å²) < 4.78 is 4.97. The first kappa shape index (κ1) is 44.4. The molecular weight excluding hydrogens is 869 g/mol. The third-order valence-electron chi connectivity index (χ3n) is 15.5. The van der Waals surface area contributed by atoms with Gasteiger partial charge < -0.3 is 34.7 Å². The lowest BCUT2D eigenvalue weighted by Crippen LogP contribution is -2.47. The maximum Gasteiger partial charge on any atom is 0.407 e. The number of rotatable bonds is 12. The Morgan fingerprint density at radius 3 is 1.74 bits per heavy atom. The number of benzene rings is 4. The summed E-state index contributed by atoms with van der Waals surface area (Å²) in [4.78, 5) is 77.6. The van der Waals surface area contributed by atoms with Gasteiger partial charge in [0.2, 0.25) is 6.40 Å². The van der Waals surface area contributed by atoms with Crippen LogP contribution in [0.25, 0.3) is 33.6 Å². The molecule has 0 bridgehead atoms. The normalized spacial score (nSPS) is 23.4. The van der Waals surface area contributed by atoms with Crippen LogP contribution in [0.15, 0.2) is 114 Å². The van der Waals surface area contributed by atoms with Gasteiger partial charge in [0.1, 0.15) is 17.7 Å². The van der Waals surface area contributed by atoms with Crippen molar-refractivity contribution in [1.29, 1.82) is 0 Å². The van der Waals surface area contributed by atoms with Crippen molar-refractivity contribution in [1.82, 2.24) is 35.1 Å². The Hall–Kier alpha value is -7.06. The summed E-state index contributed by atoms with van der Waals surface area (Å²) in [6, 6.07) is 30.3. The summed E-state index contributed by atoms with van der Waals surface area (Å²) in [6.45, 7) is 0. The molecule has 11 rings (SSSR count). The number of aromatic nitrogens is 4. The minimum Gasteiger partial charge on any atom is -0.453 e. The monoisotopic (exact) mass is 926 g/mol. The number of H-pyrrole nitrogens is 2. The van der Waals surface area contributed by atoms with Crippen LogP contribution in [0.4, 0.5) is 4.79 Å². The number of carbonyl (C=O) groups excluding carboxylic acids is 3. The van der Waals surface area contributed by atoms with Crippen LogP contribution in [-0.4, -0.2) is 80.3 Å². The fourth-order valence-electron chi connectivity index (χ4n) is 12.3. The topological polar surface area (TPSA) is 167 Å². The van der Waals surface area contributed by atoms with Gasteiger partial charge in [-0.25, -0.2) is 19.8 Å². The van der Waals surface area contributed by atoms with Crippen molar-refractivity contribution in [2.75, 3.05) is 14.2 Å². The Labute approximate surface area is 401 Å². The summed E-state index contributed by atoms with van der Waals surface area (Å²) in [5, 5.41) is 2.83. The Balaban J connectivity index is 0.827. The molecule has 3 amide bonds. The molecule has 69 heavy (non-hydrogen) atoms. The summed E-state index contributed by atoms with van der Waals surface area (Å²) in [7, 11) is 2.73. The molecule has 14 heteroatoms. The van der Waals surface area contributed by atoms with Gasteiger partial charge in [0.25, 0.3) is 11.8 Å². The van der Waals surface area contributed by atoms with Gasteiger partial charge in [-0.1, -0.05) is 111 Å². The number of aliphatic imine (C=N–C) groups is 1. The number of ether oxygens (including phenoxy) is 1. The molecule has 4 aromatic carbocycles. The van der Waals surface area contributed by atoms with Crippen molar-refractivity contribution in [2.45, 2.75) is 107 Å². The standard InChI is InChI=1S/C55H58N8O6/c1-67-55(66)61-50(34-15-7-4-8-16-34)54(65)63-46-20-12-10-18-38(46)29-48(63)52-57-31-44(60-52)36-22-24-42-40(26-36)27-39-25-35(21-23-41(39)42)43-30-56-51(59-43)47-28-37-17-9-11-19-45(37)62(47)53(64)49(58-32-69-68-2)33-13-5-3-6-14-33/h3-8,13-16,21-26,30-32,37-38,45-50H,9-12,17-20,27-29H2,1-2H3,(H,56,59)(H,57,60)(H,61,66)/t37-,38-,45-,46-,47-,48-,49+,50+/m0/s1. The Bertz CT molecular complexity index is 2860. The van der Waals surface area contributed by atoms with E-state index in [-0.39, 0.29) is 36.0 Å². The molecule has 14 nitrogen and oxygen atoms in total. The molecule has 5 aliphatic rings.